The monoisotopic (exact) mass is 196 g/mol. The fourth-order valence-corrected chi connectivity index (χ4v) is 3.34. The summed E-state index contributed by atoms with van der Waals surface area (Å²) in [6, 6.07) is 0. The quantitative estimate of drug-likeness (QED) is 0.694. The van der Waals surface area contributed by atoms with Crippen molar-refractivity contribution in [3.8, 4) is 0 Å². The van der Waals surface area contributed by atoms with E-state index in [2.05, 4.69) is 13.8 Å². The SMILES string of the molecule is CC1(C)CC(C(=O)O)C2C(=O)CCC21. The van der Waals surface area contributed by atoms with E-state index in [0.717, 1.165) is 6.42 Å². The van der Waals surface area contributed by atoms with Crippen molar-refractivity contribution in [1.29, 1.82) is 0 Å². The maximum absolute atomic E-state index is 11.6. The molecule has 3 nitrogen and oxygen atoms in total. The summed E-state index contributed by atoms with van der Waals surface area (Å²) in [4.78, 5) is 22.6. The summed E-state index contributed by atoms with van der Waals surface area (Å²) >= 11 is 0. The van der Waals surface area contributed by atoms with Crippen LogP contribution in [0.25, 0.3) is 0 Å². The Morgan fingerprint density at radius 2 is 2.14 bits per heavy atom. The van der Waals surface area contributed by atoms with Gasteiger partial charge >= 0.3 is 5.97 Å². The third-order valence-corrected chi connectivity index (χ3v) is 4.01. The number of carboxylic acids is 1. The maximum atomic E-state index is 11.6. The number of fused-ring (bicyclic) bond motifs is 1. The third kappa shape index (κ3) is 1.18. The maximum Gasteiger partial charge on any atom is 0.307 e. The fourth-order valence-electron chi connectivity index (χ4n) is 3.34. The molecule has 2 aliphatic carbocycles. The van der Waals surface area contributed by atoms with Crippen LogP contribution < -0.4 is 0 Å². The molecule has 0 aromatic heterocycles. The Labute approximate surface area is 83.5 Å². The van der Waals surface area contributed by atoms with Gasteiger partial charge in [0.05, 0.1) is 5.92 Å². The van der Waals surface area contributed by atoms with Gasteiger partial charge in [0, 0.05) is 12.3 Å². The molecule has 1 N–H and O–H groups in total. The summed E-state index contributed by atoms with van der Waals surface area (Å²) in [6.45, 7) is 4.18. The zero-order chi connectivity index (χ0) is 10.5. The summed E-state index contributed by atoms with van der Waals surface area (Å²) in [5, 5.41) is 9.06. The molecule has 3 unspecified atom stereocenters. The Bertz CT molecular complexity index is 293. The van der Waals surface area contributed by atoms with Gasteiger partial charge in [0.2, 0.25) is 0 Å². The minimum absolute atomic E-state index is 0.0277. The zero-order valence-corrected chi connectivity index (χ0v) is 8.62. The molecule has 0 aliphatic heterocycles. The Hall–Kier alpha value is -0.860. The molecule has 78 valence electrons. The highest BCUT2D eigenvalue weighted by Crippen LogP contribution is 2.55. The number of hydrogen-bond donors (Lipinski definition) is 1. The number of hydrogen-bond acceptors (Lipinski definition) is 2. The molecular formula is C11H16O3. The standard InChI is InChI=1S/C11H16O3/c1-11(2)5-6(10(13)14)9-7(11)3-4-8(9)12/h6-7,9H,3-5H2,1-2H3,(H,13,14). The Balaban J connectivity index is 2.32. The number of rotatable bonds is 1. The van der Waals surface area contributed by atoms with Crippen LogP contribution in [0.4, 0.5) is 0 Å². The molecule has 0 saturated heterocycles. The van der Waals surface area contributed by atoms with Gasteiger partial charge in [-0.3, -0.25) is 9.59 Å². The molecule has 0 aromatic rings. The van der Waals surface area contributed by atoms with E-state index >= 15 is 0 Å². The van der Waals surface area contributed by atoms with Gasteiger partial charge in [0.15, 0.2) is 0 Å². The molecule has 0 radical (unpaired) electrons. The van der Waals surface area contributed by atoms with Crippen LogP contribution in [0.15, 0.2) is 0 Å². The van der Waals surface area contributed by atoms with Crippen LogP contribution in [-0.2, 0) is 9.59 Å². The number of ketones is 1. The highest BCUT2D eigenvalue weighted by Gasteiger charge is 2.56. The van der Waals surface area contributed by atoms with E-state index in [1.807, 2.05) is 0 Å². The smallest absolute Gasteiger partial charge is 0.307 e. The number of Topliss-reactive ketones (excluding diaryl/α,β-unsaturated/α-hetero) is 1. The topological polar surface area (TPSA) is 54.4 Å². The lowest BCUT2D eigenvalue weighted by Gasteiger charge is -2.24. The van der Waals surface area contributed by atoms with Crippen LogP contribution in [0.3, 0.4) is 0 Å². The van der Waals surface area contributed by atoms with Crippen molar-refractivity contribution in [2.24, 2.45) is 23.2 Å². The second-order valence-corrected chi connectivity index (χ2v) is 5.27. The molecule has 0 amide bonds. The summed E-state index contributed by atoms with van der Waals surface area (Å²) in [6.07, 6.45) is 2.13. The molecule has 0 aromatic carbocycles. The minimum atomic E-state index is -0.791. The van der Waals surface area contributed by atoms with E-state index in [4.69, 9.17) is 5.11 Å². The van der Waals surface area contributed by atoms with Gasteiger partial charge in [-0.15, -0.1) is 0 Å². The number of carbonyl (C=O) groups excluding carboxylic acids is 1. The average Bonchev–Trinajstić information content (AvgIpc) is 2.54. The van der Waals surface area contributed by atoms with Crippen LogP contribution in [0, 0.1) is 23.2 Å². The Kier molecular flexibility index (Phi) is 1.95. The lowest BCUT2D eigenvalue weighted by atomic mass is 9.80. The van der Waals surface area contributed by atoms with Crippen LogP contribution in [0.5, 0.6) is 0 Å². The highest BCUT2D eigenvalue weighted by molar-refractivity contribution is 5.89. The van der Waals surface area contributed by atoms with Crippen molar-refractivity contribution in [3.05, 3.63) is 0 Å². The first-order valence-electron chi connectivity index (χ1n) is 5.19. The summed E-state index contributed by atoms with van der Waals surface area (Å²) < 4.78 is 0. The molecule has 2 aliphatic rings. The second kappa shape index (κ2) is 2.81. The predicted octanol–water partition coefficient (Wildman–Crippen LogP) is 1.71. The van der Waals surface area contributed by atoms with Gasteiger partial charge in [-0.05, 0) is 24.2 Å². The van der Waals surface area contributed by atoms with Gasteiger partial charge in [-0.25, -0.2) is 0 Å². The number of aliphatic carboxylic acids is 1. The molecule has 0 heterocycles. The molecule has 3 atom stereocenters. The van der Waals surface area contributed by atoms with E-state index in [-0.39, 0.29) is 17.1 Å². The average molecular weight is 196 g/mol. The molecule has 2 fully saturated rings. The molecule has 0 spiro atoms. The minimum Gasteiger partial charge on any atom is -0.481 e. The van der Waals surface area contributed by atoms with Crippen molar-refractivity contribution in [2.45, 2.75) is 33.1 Å². The van der Waals surface area contributed by atoms with Crippen molar-refractivity contribution >= 4 is 11.8 Å². The third-order valence-electron chi connectivity index (χ3n) is 4.01. The zero-order valence-electron chi connectivity index (χ0n) is 8.62. The van der Waals surface area contributed by atoms with Gasteiger partial charge in [0.1, 0.15) is 5.78 Å². The first-order chi connectivity index (χ1) is 6.43. The van der Waals surface area contributed by atoms with Crippen LogP contribution in [0.1, 0.15) is 33.1 Å². The van der Waals surface area contributed by atoms with Crippen molar-refractivity contribution in [1.82, 2.24) is 0 Å². The first-order valence-corrected chi connectivity index (χ1v) is 5.19. The molecule has 14 heavy (non-hydrogen) atoms. The van der Waals surface area contributed by atoms with Crippen molar-refractivity contribution in [2.75, 3.05) is 0 Å². The molecule has 0 bridgehead atoms. The Morgan fingerprint density at radius 3 is 2.71 bits per heavy atom. The van der Waals surface area contributed by atoms with Crippen LogP contribution in [0.2, 0.25) is 0 Å². The normalized spacial score (nSPS) is 39.9. The van der Waals surface area contributed by atoms with Crippen LogP contribution in [-0.4, -0.2) is 16.9 Å². The van der Waals surface area contributed by atoms with E-state index in [1.54, 1.807) is 0 Å². The predicted molar refractivity (Wildman–Crippen MR) is 50.7 cm³/mol. The molecule has 2 rings (SSSR count). The van der Waals surface area contributed by atoms with Gasteiger partial charge in [-0.1, -0.05) is 13.8 Å². The number of carboxylic acid groups (broad SMARTS) is 1. The molecular weight excluding hydrogens is 180 g/mol. The highest BCUT2D eigenvalue weighted by atomic mass is 16.4. The number of carbonyl (C=O) groups is 2. The van der Waals surface area contributed by atoms with E-state index in [1.165, 1.54) is 0 Å². The van der Waals surface area contributed by atoms with Gasteiger partial charge in [-0.2, -0.15) is 0 Å². The largest absolute Gasteiger partial charge is 0.481 e. The van der Waals surface area contributed by atoms with E-state index < -0.39 is 11.9 Å². The molecule has 3 heteroatoms. The van der Waals surface area contributed by atoms with Gasteiger partial charge in [0.25, 0.3) is 0 Å². The summed E-state index contributed by atoms with van der Waals surface area (Å²) in [5.41, 5.74) is 0.0277. The van der Waals surface area contributed by atoms with Gasteiger partial charge < -0.3 is 5.11 Å². The lowest BCUT2D eigenvalue weighted by molar-refractivity contribution is -0.145. The second-order valence-electron chi connectivity index (χ2n) is 5.27. The van der Waals surface area contributed by atoms with E-state index in [9.17, 15) is 9.59 Å². The summed E-state index contributed by atoms with van der Waals surface area (Å²) in [7, 11) is 0. The summed E-state index contributed by atoms with van der Waals surface area (Å²) in [5.74, 6) is -0.933. The lowest BCUT2D eigenvalue weighted by Crippen LogP contribution is -2.24. The van der Waals surface area contributed by atoms with E-state index in [0.29, 0.717) is 18.8 Å². The molecule has 2 saturated carbocycles. The van der Waals surface area contributed by atoms with Crippen molar-refractivity contribution < 1.29 is 14.7 Å². The first kappa shape index (κ1) is 9.69. The Morgan fingerprint density at radius 1 is 1.50 bits per heavy atom. The van der Waals surface area contributed by atoms with Crippen molar-refractivity contribution in [3.63, 3.8) is 0 Å². The fraction of sp³-hybridized carbons (Fsp3) is 0.818. The van der Waals surface area contributed by atoms with Crippen LogP contribution >= 0.6 is 0 Å².